The fraction of sp³-hybridized carbons (Fsp3) is 0.235. The lowest BCUT2D eigenvalue weighted by Gasteiger charge is -2.10. The molecule has 0 heterocycles. The fourth-order valence-corrected chi connectivity index (χ4v) is 2.11. The van der Waals surface area contributed by atoms with E-state index < -0.39 is 6.36 Å². The lowest BCUT2D eigenvalue weighted by atomic mass is 10.1. The maximum absolute atomic E-state index is 12.1. The monoisotopic (exact) mass is 337 g/mol. The highest BCUT2D eigenvalue weighted by Crippen LogP contribution is 2.23. The van der Waals surface area contributed by atoms with Gasteiger partial charge in [-0.3, -0.25) is 4.99 Å². The van der Waals surface area contributed by atoms with E-state index in [9.17, 15) is 13.2 Å². The summed E-state index contributed by atoms with van der Waals surface area (Å²) in [7, 11) is 0. The summed E-state index contributed by atoms with van der Waals surface area (Å²) < 4.78 is 40.0. The summed E-state index contributed by atoms with van der Waals surface area (Å²) in [5.74, 6) is -0.0869. The van der Waals surface area contributed by atoms with Crippen molar-refractivity contribution in [1.82, 2.24) is 0 Å². The van der Waals surface area contributed by atoms with Crippen LogP contribution in [0.4, 0.5) is 18.9 Å². The maximum Gasteiger partial charge on any atom is 0.573 e. The molecule has 0 aliphatic carbocycles. The second kappa shape index (κ2) is 7.72. The third-order valence-corrected chi connectivity index (χ3v) is 3.28. The number of ether oxygens (including phenoxy) is 1. The lowest BCUT2D eigenvalue weighted by Crippen LogP contribution is -2.23. The molecule has 4 nitrogen and oxygen atoms in total. The molecule has 0 saturated heterocycles. The average Bonchev–Trinajstić information content (AvgIpc) is 2.50. The highest BCUT2D eigenvalue weighted by molar-refractivity contribution is 5.92. The first-order chi connectivity index (χ1) is 11.3. The van der Waals surface area contributed by atoms with Crippen LogP contribution in [0.15, 0.2) is 53.5 Å². The van der Waals surface area contributed by atoms with Gasteiger partial charge in [0, 0.05) is 12.2 Å². The molecule has 2 aromatic rings. The molecule has 128 valence electrons. The maximum atomic E-state index is 12.1. The molecule has 0 fully saturated rings. The smallest absolute Gasteiger partial charge is 0.406 e. The molecular formula is C17H18F3N3O. The third kappa shape index (κ3) is 5.83. The van der Waals surface area contributed by atoms with E-state index >= 15 is 0 Å². The number of halogens is 3. The average molecular weight is 337 g/mol. The van der Waals surface area contributed by atoms with E-state index in [1.807, 2.05) is 31.2 Å². The molecule has 24 heavy (non-hydrogen) atoms. The molecule has 3 N–H and O–H groups in total. The van der Waals surface area contributed by atoms with Crippen LogP contribution in [0, 0.1) is 6.92 Å². The minimum absolute atomic E-state index is 0.202. The molecule has 0 aromatic heterocycles. The Labute approximate surface area is 138 Å². The SMILES string of the molecule is Cc1ccccc1CCN=C(N)Nc1ccc(OC(F)(F)F)cc1. The van der Waals surface area contributed by atoms with E-state index in [0.29, 0.717) is 12.2 Å². The molecule has 7 heteroatoms. The van der Waals surface area contributed by atoms with Gasteiger partial charge in [-0.2, -0.15) is 0 Å². The first kappa shape index (κ1) is 17.7. The third-order valence-electron chi connectivity index (χ3n) is 3.28. The van der Waals surface area contributed by atoms with E-state index in [4.69, 9.17) is 5.73 Å². The Kier molecular flexibility index (Phi) is 5.68. The van der Waals surface area contributed by atoms with Crippen molar-refractivity contribution in [3.8, 4) is 5.75 Å². The van der Waals surface area contributed by atoms with Crippen molar-refractivity contribution in [2.45, 2.75) is 19.7 Å². The van der Waals surface area contributed by atoms with Gasteiger partial charge >= 0.3 is 6.36 Å². The quantitative estimate of drug-likeness (QED) is 0.643. The van der Waals surface area contributed by atoms with E-state index in [2.05, 4.69) is 15.0 Å². The number of nitrogens with zero attached hydrogens (tertiary/aromatic N) is 1. The van der Waals surface area contributed by atoms with Gasteiger partial charge in [-0.05, 0) is 48.7 Å². The predicted octanol–water partition coefficient (Wildman–Crippen LogP) is 3.86. The number of nitrogens with two attached hydrogens (primary N) is 1. The van der Waals surface area contributed by atoms with Crippen molar-refractivity contribution in [2.75, 3.05) is 11.9 Å². The van der Waals surface area contributed by atoms with Crippen LogP contribution in [-0.2, 0) is 6.42 Å². The van der Waals surface area contributed by atoms with Crippen LogP contribution in [-0.4, -0.2) is 18.9 Å². The number of hydrogen-bond acceptors (Lipinski definition) is 2. The minimum atomic E-state index is -4.70. The van der Waals surface area contributed by atoms with E-state index in [0.717, 1.165) is 6.42 Å². The summed E-state index contributed by atoms with van der Waals surface area (Å²) in [6, 6.07) is 13.3. The molecule has 0 spiro atoms. The highest BCUT2D eigenvalue weighted by Gasteiger charge is 2.30. The number of rotatable bonds is 5. The van der Waals surface area contributed by atoms with Crippen LogP contribution in [0.25, 0.3) is 0 Å². The summed E-state index contributed by atoms with van der Waals surface area (Å²) in [6.45, 7) is 2.55. The van der Waals surface area contributed by atoms with Gasteiger partial charge in [-0.15, -0.1) is 13.2 Å². The molecule has 0 bridgehead atoms. The van der Waals surface area contributed by atoms with Gasteiger partial charge in [-0.1, -0.05) is 24.3 Å². The molecular weight excluding hydrogens is 319 g/mol. The second-order valence-electron chi connectivity index (χ2n) is 5.14. The number of hydrogen-bond donors (Lipinski definition) is 2. The van der Waals surface area contributed by atoms with Gasteiger partial charge in [0.25, 0.3) is 0 Å². The van der Waals surface area contributed by atoms with Crippen LogP contribution >= 0.6 is 0 Å². The Balaban J connectivity index is 1.87. The number of nitrogens with one attached hydrogen (secondary N) is 1. The molecule has 2 rings (SSSR count). The van der Waals surface area contributed by atoms with E-state index in [1.54, 1.807) is 0 Å². The Hall–Kier alpha value is -2.70. The normalized spacial score (nSPS) is 12.1. The Bertz CT molecular complexity index is 697. The number of guanidine groups is 1. The molecule has 0 atom stereocenters. The van der Waals surface area contributed by atoms with Crippen molar-refractivity contribution in [2.24, 2.45) is 10.7 Å². The topological polar surface area (TPSA) is 59.6 Å². The number of aryl methyl sites for hydroxylation is 1. The van der Waals surface area contributed by atoms with Crippen LogP contribution in [0.5, 0.6) is 5.75 Å². The molecule has 0 radical (unpaired) electrons. The summed E-state index contributed by atoms with van der Waals surface area (Å²) in [4.78, 5) is 4.21. The zero-order valence-electron chi connectivity index (χ0n) is 13.1. The Morgan fingerprint density at radius 1 is 1.12 bits per heavy atom. The van der Waals surface area contributed by atoms with Crippen LogP contribution in [0.3, 0.4) is 0 Å². The lowest BCUT2D eigenvalue weighted by molar-refractivity contribution is -0.274. The van der Waals surface area contributed by atoms with Crippen molar-refractivity contribution in [1.29, 1.82) is 0 Å². The number of aliphatic imine (C=N–C) groups is 1. The number of anilines is 1. The van der Waals surface area contributed by atoms with Gasteiger partial charge in [0.15, 0.2) is 5.96 Å². The summed E-state index contributed by atoms with van der Waals surface area (Å²) in [5, 5.41) is 2.82. The number of alkyl halides is 3. The summed E-state index contributed by atoms with van der Waals surface area (Å²) in [6.07, 6.45) is -3.95. The number of benzene rings is 2. The molecule has 2 aromatic carbocycles. The minimum Gasteiger partial charge on any atom is -0.406 e. The van der Waals surface area contributed by atoms with Crippen molar-refractivity contribution >= 4 is 11.6 Å². The van der Waals surface area contributed by atoms with Crippen molar-refractivity contribution in [3.63, 3.8) is 0 Å². The van der Waals surface area contributed by atoms with Gasteiger partial charge in [0.05, 0.1) is 0 Å². The van der Waals surface area contributed by atoms with Gasteiger partial charge < -0.3 is 15.8 Å². The predicted molar refractivity (Wildman–Crippen MR) is 88.1 cm³/mol. The fourth-order valence-electron chi connectivity index (χ4n) is 2.11. The Morgan fingerprint density at radius 2 is 1.79 bits per heavy atom. The van der Waals surface area contributed by atoms with Gasteiger partial charge in [0.1, 0.15) is 5.75 Å². The van der Waals surface area contributed by atoms with Crippen molar-refractivity contribution < 1.29 is 17.9 Å². The van der Waals surface area contributed by atoms with Crippen LogP contribution in [0.2, 0.25) is 0 Å². The zero-order valence-corrected chi connectivity index (χ0v) is 13.1. The molecule has 0 amide bonds. The van der Waals surface area contributed by atoms with Gasteiger partial charge in [-0.25, -0.2) is 0 Å². The van der Waals surface area contributed by atoms with Crippen LogP contribution in [0.1, 0.15) is 11.1 Å². The molecule has 0 unspecified atom stereocenters. The van der Waals surface area contributed by atoms with Gasteiger partial charge in [0.2, 0.25) is 0 Å². The largest absolute Gasteiger partial charge is 0.573 e. The van der Waals surface area contributed by atoms with Crippen LogP contribution < -0.4 is 15.8 Å². The highest BCUT2D eigenvalue weighted by atomic mass is 19.4. The first-order valence-corrected chi connectivity index (χ1v) is 7.31. The molecule has 0 saturated carbocycles. The van der Waals surface area contributed by atoms with Crippen molar-refractivity contribution in [3.05, 3.63) is 59.7 Å². The first-order valence-electron chi connectivity index (χ1n) is 7.31. The molecule has 0 aliphatic heterocycles. The van der Waals surface area contributed by atoms with E-state index in [-0.39, 0.29) is 11.7 Å². The summed E-state index contributed by atoms with van der Waals surface area (Å²) >= 11 is 0. The second-order valence-corrected chi connectivity index (χ2v) is 5.14. The summed E-state index contributed by atoms with van der Waals surface area (Å²) in [5.41, 5.74) is 8.70. The van der Waals surface area contributed by atoms with E-state index in [1.165, 1.54) is 35.4 Å². The Morgan fingerprint density at radius 3 is 2.42 bits per heavy atom. The standard InChI is InChI=1S/C17H18F3N3O/c1-12-4-2-3-5-13(12)10-11-22-16(21)23-14-6-8-15(9-7-14)24-17(18,19)20/h2-9H,10-11H2,1H3,(H3,21,22,23). The zero-order chi connectivity index (χ0) is 17.6. The molecule has 0 aliphatic rings.